The van der Waals surface area contributed by atoms with Gasteiger partial charge in [-0.15, -0.1) is 0 Å². The molecule has 1 heterocycles. The van der Waals surface area contributed by atoms with Crippen molar-refractivity contribution in [3.8, 4) is 5.75 Å². The molecule has 5 nitrogen and oxygen atoms in total. The van der Waals surface area contributed by atoms with Crippen LogP contribution in [0.5, 0.6) is 5.75 Å². The fourth-order valence-electron chi connectivity index (χ4n) is 2.84. The first kappa shape index (κ1) is 18.5. The average molecular weight is 377 g/mol. The van der Waals surface area contributed by atoms with Gasteiger partial charge in [0.05, 0.1) is 24.7 Å². The summed E-state index contributed by atoms with van der Waals surface area (Å²) in [6.45, 7) is 3.40. The molecule has 26 heavy (non-hydrogen) atoms. The molecule has 0 aliphatic heterocycles. The van der Waals surface area contributed by atoms with Crippen molar-refractivity contribution >= 4 is 18.0 Å². The molecule has 1 aromatic carbocycles. The molecular formula is C19H20FNO4S. The van der Waals surface area contributed by atoms with Crippen molar-refractivity contribution in [3.05, 3.63) is 58.0 Å². The minimum absolute atomic E-state index is 0.0960. The zero-order valence-corrected chi connectivity index (χ0v) is 15.6. The highest BCUT2D eigenvalue weighted by Crippen LogP contribution is 2.47. The maximum absolute atomic E-state index is 14.0. The van der Waals surface area contributed by atoms with E-state index in [0.717, 1.165) is 22.5 Å². The van der Waals surface area contributed by atoms with E-state index in [1.165, 1.54) is 30.9 Å². The van der Waals surface area contributed by atoms with E-state index >= 15 is 0 Å². The second-order valence-electron chi connectivity index (χ2n) is 6.45. The maximum atomic E-state index is 14.0. The van der Waals surface area contributed by atoms with Crippen LogP contribution in [0.4, 0.5) is 4.39 Å². The Labute approximate surface area is 155 Å². The van der Waals surface area contributed by atoms with E-state index in [0.29, 0.717) is 12.8 Å². The summed E-state index contributed by atoms with van der Waals surface area (Å²) >= 11 is 1.04. The molecule has 0 amide bonds. The molecule has 3 rings (SSSR count). The van der Waals surface area contributed by atoms with Crippen LogP contribution in [-0.2, 0) is 10.3 Å². The molecule has 7 heteroatoms. The van der Waals surface area contributed by atoms with Gasteiger partial charge in [0.1, 0.15) is 11.7 Å². The van der Waals surface area contributed by atoms with Gasteiger partial charge in [0.15, 0.2) is 5.75 Å². The maximum Gasteiger partial charge on any atom is 0.343 e. The SMILES string of the molecule is COC(=O)c1cn(C2(C(C)F)CC2)c(=O)cc1OSc1ccc(C)cc1. The number of ether oxygens (including phenoxy) is 1. The molecule has 138 valence electrons. The quantitative estimate of drug-likeness (QED) is 0.565. The number of carbonyl (C=O) groups excluding carboxylic acids is 1. The average Bonchev–Trinajstić information content (AvgIpc) is 3.42. The topological polar surface area (TPSA) is 57.5 Å². The first-order valence-corrected chi connectivity index (χ1v) is 9.02. The summed E-state index contributed by atoms with van der Waals surface area (Å²) < 4.78 is 25.7. The minimum Gasteiger partial charge on any atom is -0.465 e. The fourth-order valence-corrected chi connectivity index (χ4v) is 3.41. The summed E-state index contributed by atoms with van der Waals surface area (Å²) in [4.78, 5) is 25.5. The molecule has 1 fully saturated rings. The van der Waals surface area contributed by atoms with Gasteiger partial charge in [-0.05, 0) is 38.8 Å². The van der Waals surface area contributed by atoms with Crippen LogP contribution >= 0.6 is 12.0 Å². The molecular weight excluding hydrogens is 357 g/mol. The van der Waals surface area contributed by atoms with E-state index in [-0.39, 0.29) is 11.3 Å². The van der Waals surface area contributed by atoms with Gasteiger partial charge < -0.3 is 13.5 Å². The Bertz CT molecular complexity index is 872. The molecule has 1 saturated carbocycles. The normalized spacial score (nSPS) is 16.0. The summed E-state index contributed by atoms with van der Waals surface area (Å²) in [7, 11) is 1.25. The molecule has 0 spiro atoms. The highest BCUT2D eigenvalue weighted by atomic mass is 32.2. The number of esters is 1. The third-order valence-corrected chi connectivity index (χ3v) is 5.38. The van der Waals surface area contributed by atoms with E-state index in [1.807, 2.05) is 31.2 Å². The van der Waals surface area contributed by atoms with Crippen molar-refractivity contribution in [3.63, 3.8) is 0 Å². The van der Waals surface area contributed by atoms with Crippen molar-refractivity contribution in [2.24, 2.45) is 0 Å². The number of aromatic nitrogens is 1. The lowest BCUT2D eigenvalue weighted by molar-refractivity contribution is 0.0597. The summed E-state index contributed by atoms with van der Waals surface area (Å²) in [6, 6.07) is 8.84. The zero-order chi connectivity index (χ0) is 18.9. The number of methoxy groups -OCH3 is 1. The van der Waals surface area contributed by atoms with Crippen molar-refractivity contribution < 1.29 is 18.1 Å². The standard InChI is InChI=1S/C19H20FNO4S/c1-12-4-6-14(7-5-12)26-25-16-10-17(22)21(11-15(16)18(23)24-3)19(8-9-19)13(2)20/h4-7,10-11,13H,8-9H2,1-3H3. The van der Waals surface area contributed by atoms with Gasteiger partial charge in [-0.1, -0.05) is 17.7 Å². The predicted octanol–water partition coefficient (Wildman–Crippen LogP) is 3.88. The molecule has 0 N–H and O–H groups in total. The van der Waals surface area contributed by atoms with Crippen LogP contribution in [0.2, 0.25) is 0 Å². The van der Waals surface area contributed by atoms with Gasteiger partial charge in [-0.2, -0.15) is 0 Å². The summed E-state index contributed by atoms with van der Waals surface area (Å²) in [5.41, 5.74) is -0.0669. The Hall–Kier alpha value is -2.28. The molecule has 0 saturated heterocycles. The lowest BCUT2D eigenvalue weighted by atomic mass is 10.1. The Morgan fingerprint density at radius 1 is 1.31 bits per heavy atom. The number of nitrogens with zero attached hydrogens (tertiary/aromatic N) is 1. The number of aryl methyl sites for hydroxylation is 1. The first-order chi connectivity index (χ1) is 12.4. The fraction of sp³-hybridized carbons (Fsp3) is 0.368. The molecule has 1 unspecified atom stereocenters. The molecule has 1 aliphatic carbocycles. The molecule has 1 aliphatic rings. The van der Waals surface area contributed by atoms with E-state index in [1.54, 1.807) is 0 Å². The number of pyridine rings is 1. The van der Waals surface area contributed by atoms with Crippen LogP contribution < -0.4 is 9.74 Å². The van der Waals surface area contributed by atoms with Crippen molar-refractivity contribution in [2.45, 2.75) is 43.3 Å². The number of alkyl halides is 1. The van der Waals surface area contributed by atoms with E-state index in [4.69, 9.17) is 8.92 Å². The highest BCUT2D eigenvalue weighted by molar-refractivity contribution is 7.95. The van der Waals surface area contributed by atoms with Gasteiger partial charge in [0.25, 0.3) is 5.56 Å². The van der Waals surface area contributed by atoms with Crippen LogP contribution in [0.1, 0.15) is 35.7 Å². The second kappa shape index (κ2) is 7.15. The number of rotatable bonds is 6. The summed E-state index contributed by atoms with van der Waals surface area (Å²) in [5, 5.41) is 0. The monoisotopic (exact) mass is 377 g/mol. The lowest BCUT2D eigenvalue weighted by Crippen LogP contribution is -2.36. The summed E-state index contributed by atoms with van der Waals surface area (Å²) in [6.07, 6.45) is 1.27. The Kier molecular flexibility index (Phi) is 5.09. The van der Waals surface area contributed by atoms with Crippen molar-refractivity contribution in [1.82, 2.24) is 4.57 Å². The van der Waals surface area contributed by atoms with Crippen LogP contribution in [0, 0.1) is 6.92 Å². The van der Waals surface area contributed by atoms with Gasteiger partial charge in [0, 0.05) is 17.2 Å². The van der Waals surface area contributed by atoms with E-state index in [9.17, 15) is 14.0 Å². The lowest BCUT2D eigenvalue weighted by Gasteiger charge is -2.21. The predicted molar refractivity (Wildman–Crippen MR) is 97.5 cm³/mol. The molecule has 0 radical (unpaired) electrons. The minimum atomic E-state index is -1.20. The molecule has 0 bridgehead atoms. The third-order valence-electron chi connectivity index (χ3n) is 4.65. The smallest absolute Gasteiger partial charge is 0.343 e. The number of halogens is 1. The molecule has 2 aromatic rings. The summed E-state index contributed by atoms with van der Waals surface area (Å²) in [5.74, 6) is -0.536. The zero-order valence-electron chi connectivity index (χ0n) is 14.8. The van der Waals surface area contributed by atoms with Crippen LogP contribution in [0.15, 0.2) is 46.2 Å². The Balaban J connectivity index is 1.94. The van der Waals surface area contributed by atoms with Gasteiger partial charge in [0.2, 0.25) is 0 Å². The van der Waals surface area contributed by atoms with Crippen LogP contribution in [0.3, 0.4) is 0 Å². The first-order valence-electron chi connectivity index (χ1n) is 8.28. The molecule has 1 atom stereocenters. The highest BCUT2D eigenvalue weighted by Gasteiger charge is 2.50. The number of hydrogen-bond donors (Lipinski definition) is 0. The Morgan fingerprint density at radius 2 is 1.96 bits per heavy atom. The van der Waals surface area contributed by atoms with E-state index in [2.05, 4.69) is 0 Å². The number of hydrogen-bond acceptors (Lipinski definition) is 5. The van der Waals surface area contributed by atoms with Gasteiger partial charge >= 0.3 is 5.97 Å². The second-order valence-corrected chi connectivity index (χ2v) is 7.26. The van der Waals surface area contributed by atoms with Crippen LogP contribution in [0.25, 0.3) is 0 Å². The molecule has 1 aromatic heterocycles. The Morgan fingerprint density at radius 3 is 2.50 bits per heavy atom. The van der Waals surface area contributed by atoms with Gasteiger partial charge in [-0.25, -0.2) is 9.18 Å². The van der Waals surface area contributed by atoms with E-state index < -0.39 is 23.2 Å². The largest absolute Gasteiger partial charge is 0.465 e. The van der Waals surface area contributed by atoms with Gasteiger partial charge in [-0.3, -0.25) is 4.79 Å². The number of carbonyl (C=O) groups is 1. The number of benzene rings is 1. The van der Waals surface area contributed by atoms with Crippen molar-refractivity contribution in [1.29, 1.82) is 0 Å². The van der Waals surface area contributed by atoms with Crippen molar-refractivity contribution in [2.75, 3.05) is 7.11 Å². The third kappa shape index (κ3) is 3.49. The van der Waals surface area contributed by atoms with Crippen LogP contribution in [-0.4, -0.2) is 23.8 Å².